The Morgan fingerprint density at radius 1 is 1.32 bits per heavy atom. The molecule has 0 saturated heterocycles. The number of aromatic nitrogens is 1. The predicted molar refractivity (Wildman–Crippen MR) is 102 cm³/mol. The van der Waals surface area contributed by atoms with Crippen molar-refractivity contribution in [2.24, 2.45) is 0 Å². The van der Waals surface area contributed by atoms with E-state index in [1.165, 1.54) is 36.8 Å². The van der Waals surface area contributed by atoms with Gasteiger partial charge in [0.05, 0.1) is 12.7 Å². The molecule has 10 heteroatoms. The van der Waals surface area contributed by atoms with E-state index in [1.54, 1.807) is 0 Å². The fourth-order valence-electron chi connectivity index (χ4n) is 3.09. The van der Waals surface area contributed by atoms with Gasteiger partial charge in [-0.05, 0) is 53.3 Å². The molecule has 1 aliphatic carbocycles. The van der Waals surface area contributed by atoms with Crippen molar-refractivity contribution >= 4 is 34.0 Å². The number of methoxy groups -OCH3 is 1. The summed E-state index contributed by atoms with van der Waals surface area (Å²) in [6.45, 7) is -0.449. The molecule has 148 valence electrons. The summed E-state index contributed by atoms with van der Waals surface area (Å²) in [6.07, 6.45) is 6.01. The third-order valence-electron chi connectivity index (χ3n) is 4.35. The van der Waals surface area contributed by atoms with Crippen molar-refractivity contribution in [3.63, 3.8) is 0 Å². The molecule has 1 N–H and O–H groups in total. The van der Waals surface area contributed by atoms with Crippen LogP contribution in [-0.2, 0) is 22.4 Å². The zero-order valence-electron chi connectivity index (χ0n) is 15.2. The molecule has 0 saturated carbocycles. The van der Waals surface area contributed by atoms with E-state index in [0.29, 0.717) is 10.6 Å². The van der Waals surface area contributed by atoms with Crippen molar-refractivity contribution < 1.29 is 24.0 Å². The van der Waals surface area contributed by atoms with Crippen LogP contribution in [0.5, 0.6) is 5.75 Å². The molecule has 0 bridgehead atoms. The Kier molecular flexibility index (Phi) is 6.19. The number of hydrogen-bond acceptors (Lipinski definition) is 8. The molecule has 0 fully saturated rings. The topological polar surface area (TPSA) is 121 Å². The predicted octanol–water partition coefficient (Wildman–Crippen LogP) is 3.12. The van der Waals surface area contributed by atoms with Gasteiger partial charge in [-0.2, -0.15) is 0 Å². The number of nitrogens with zero attached hydrogens (tertiary/aromatic N) is 2. The first kappa shape index (κ1) is 19.7. The number of nitrogens with one attached hydrogen (secondary N) is 1. The summed E-state index contributed by atoms with van der Waals surface area (Å²) < 4.78 is 10.2. The minimum Gasteiger partial charge on any atom is -0.476 e. The Bertz CT molecular complexity index is 911. The van der Waals surface area contributed by atoms with E-state index in [-0.39, 0.29) is 5.75 Å². The summed E-state index contributed by atoms with van der Waals surface area (Å²) in [4.78, 5) is 39.6. The minimum absolute atomic E-state index is 0.0993. The fourth-order valence-corrected chi connectivity index (χ4v) is 4.38. The Morgan fingerprint density at radius 2 is 2.11 bits per heavy atom. The molecular weight excluding hydrogens is 386 g/mol. The van der Waals surface area contributed by atoms with Gasteiger partial charge in [-0.25, -0.2) is 4.79 Å². The molecule has 0 atom stereocenters. The highest BCUT2D eigenvalue weighted by Crippen LogP contribution is 2.38. The van der Waals surface area contributed by atoms with Gasteiger partial charge in [0.1, 0.15) is 11.2 Å². The molecule has 3 rings (SSSR count). The number of ether oxygens (including phenoxy) is 2. The smallest absolute Gasteiger partial charge is 0.406 e. The monoisotopic (exact) mass is 405 g/mol. The number of carbonyl (C=O) groups excluding carboxylic acids is 2. The van der Waals surface area contributed by atoms with Crippen molar-refractivity contribution in [2.45, 2.75) is 32.1 Å². The molecule has 0 aliphatic heterocycles. The zero-order chi connectivity index (χ0) is 20.1. The second-order valence-corrected chi connectivity index (χ2v) is 7.28. The standard InChI is InChI=1S/C18H19N3O6S/c1-26-18(23)15-11-6-3-2-4-8-13(11)28-17(15)20-14(22)10-27-12-7-5-9-19-16(12)21(24)25/h5,7,9H,2-4,6,8,10H2,1H3,(H,20,22). The van der Waals surface area contributed by atoms with E-state index in [2.05, 4.69) is 10.3 Å². The Hall–Kier alpha value is -3.01. The molecule has 9 nitrogen and oxygen atoms in total. The number of pyridine rings is 1. The maximum absolute atomic E-state index is 12.3. The van der Waals surface area contributed by atoms with Gasteiger partial charge >= 0.3 is 11.8 Å². The highest BCUT2D eigenvalue weighted by Gasteiger charge is 2.26. The molecular formula is C18H19N3O6S. The Balaban J connectivity index is 1.75. The van der Waals surface area contributed by atoms with Crippen LogP contribution in [0.3, 0.4) is 0 Å². The fraction of sp³-hybridized carbons (Fsp3) is 0.389. The average molecular weight is 405 g/mol. The molecule has 1 amide bonds. The van der Waals surface area contributed by atoms with Crippen LogP contribution in [-0.4, -0.2) is 35.5 Å². The van der Waals surface area contributed by atoms with Crippen LogP contribution in [0.2, 0.25) is 0 Å². The number of carbonyl (C=O) groups is 2. The van der Waals surface area contributed by atoms with Gasteiger partial charge in [-0.3, -0.25) is 4.79 Å². The number of thiophene rings is 1. The summed E-state index contributed by atoms with van der Waals surface area (Å²) in [5.41, 5.74) is 1.33. The van der Waals surface area contributed by atoms with Gasteiger partial charge in [0.25, 0.3) is 5.91 Å². The van der Waals surface area contributed by atoms with Crippen molar-refractivity contribution in [2.75, 3.05) is 19.0 Å². The van der Waals surface area contributed by atoms with E-state index in [1.807, 2.05) is 0 Å². The summed E-state index contributed by atoms with van der Waals surface area (Å²) in [5.74, 6) is -1.58. The molecule has 0 spiro atoms. The van der Waals surface area contributed by atoms with Crippen LogP contribution < -0.4 is 10.1 Å². The van der Waals surface area contributed by atoms with Gasteiger partial charge in [-0.1, -0.05) is 6.42 Å². The van der Waals surface area contributed by atoms with Crippen LogP contribution in [0.4, 0.5) is 10.8 Å². The van der Waals surface area contributed by atoms with E-state index in [0.717, 1.165) is 42.5 Å². The van der Waals surface area contributed by atoms with Gasteiger partial charge in [0.2, 0.25) is 5.75 Å². The van der Waals surface area contributed by atoms with Crippen LogP contribution in [0.25, 0.3) is 0 Å². The second kappa shape index (κ2) is 8.79. The molecule has 28 heavy (non-hydrogen) atoms. The van der Waals surface area contributed by atoms with Crippen LogP contribution in [0.1, 0.15) is 40.1 Å². The number of nitro groups is 1. The Morgan fingerprint density at radius 3 is 2.86 bits per heavy atom. The molecule has 0 aromatic carbocycles. The number of hydrogen-bond donors (Lipinski definition) is 1. The van der Waals surface area contributed by atoms with Gasteiger partial charge in [0, 0.05) is 4.88 Å². The number of rotatable bonds is 6. The highest BCUT2D eigenvalue weighted by atomic mass is 32.1. The number of amides is 1. The third kappa shape index (κ3) is 4.28. The first-order chi connectivity index (χ1) is 13.5. The van der Waals surface area contributed by atoms with E-state index in [4.69, 9.17) is 9.47 Å². The molecule has 2 heterocycles. The van der Waals surface area contributed by atoms with E-state index >= 15 is 0 Å². The van der Waals surface area contributed by atoms with Crippen molar-refractivity contribution in [1.29, 1.82) is 0 Å². The molecule has 2 aromatic rings. The SMILES string of the molecule is COC(=O)c1c(NC(=O)COc2cccnc2[N+](=O)[O-])sc2c1CCCCC2. The Labute approximate surface area is 164 Å². The molecule has 0 radical (unpaired) electrons. The summed E-state index contributed by atoms with van der Waals surface area (Å²) in [5, 5.41) is 14.1. The summed E-state index contributed by atoms with van der Waals surface area (Å²) >= 11 is 1.37. The average Bonchev–Trinajstić information content (AvgIpc) is 2.86. The van der Waals surface area contributed by atoms with E-state index in [9.17, 15) is 19.7 Å². The van der Waals surface area contributed by atoms with Crippen molar-refractivity contribution in [1.82, 2.24) is 4.98 Å². The third-order valence-corrected chi connectivity index (χ3v) is 5.55. The summed E-state index contributed by atoms with van der Waals surface area (Å²) in [6, 6.07) is 2.84. The number of fused-ring (bicyclic) bond motifs is 1. The number of esters is 1. The van der Waals surface area contributed by atoms with Crippen molar-refractivity contribution in [3.05, 3.63) is 44.4 Å². The minimum atomic E-state index is -0.682. The lowest BCUT2D eigenvalue weighted by atomic mass is 10.1. The largest absolute Gasteiger partial charge is 0.476 e. The number of anilines is 1. The van der Waals surface area contributed by atoms with Crippen LogP contribution in [0.15, 0.2) is 18.3 Å². The van der Waals surface area contributed by atoms with Crippen LogP contribution in [0, 0.1) is 10.1 Å². The first-order valence-electron chi connectivity index (χ1n) is 8.76. The van der Waals surface area contributed by atoms with Crippen molar-refractivity contribution in [3.8, 4) is 5.75 Å². The van der Waals surface area contributed by atoms with Gasteiger partial charge < -0.3 is 24.9 Å². The maximum Gasteiger partial charge on any atom is 0.406 e. The highest BCUT2D eigenvalue weighted by molar-refractivity contribution is 7.17. The van der Waals surface area contributed by atoms with Gasteiger partial charge in [-0.15, -0.1) is 11.3 Å². The second-order valence-electron chi connectivity index (χ2n) is 6.18. The normalized spacial score (nSPS) is 13.2. The quantitative estimate of drug-likeness (QED) is 0.339. The number of aryl methyl sites for hydroxylation is 1. The molecule has 2 aromatic heterocycles. The lowest BCUT2D eigenvalue weighted by molar-refractivity contribution is -0.390. The van der Waals surface area contributed by atoms with Crippen LogP contribution >= 0.6 is 11.3 Å². The first-order valence-corrected chi connectivity index (χ1v) is 9.57. The summed E-state index contributed by atoms with van der Waals surface area (Å²) in [7, 11) is 1.30. The molecule has 1 aliphatic rings. The maximum atomic E-state index is 12.3. The molecule has 0 unspecified atom stereocenters. The van der Waals surface area contributed by atoms with E-state index < -0.39 is 29.2 Å². The lowest BCUT2D eigenvalue weighted by Crippen LogP contribution is -2.21. The zero-order valence-corrected chi connectivity index (χ0v) is 16.0. The lowest BCUT2D eigenvalue weighted by Gasteiger charge is -2.08. The van der Waals surface area contributed by atoms with Gasteiger partial charge in [0.15, 0.2) is 6.61 Å².